The standard InChI is InChI=1S/C14H26O4.C11H18O4.C7H14O2.C6H12O2.C5H8O2.C4H6O2.CH3/c1-5-7-8-9-12(15)17-10-11-18-13(16)14(3,4)6-2;1-3-5-6-7-11(13)15-9-8-14-10(12)4-2;1-5-7(2,3)6(8)9-4;1-4-6(2,3)5(7)8;1-4(2)5(6)7-3;1-3(2)4(5)6;/h5-11H2,1-4H3;4H,2-3,5-9H2,1H3;5H2,1-4H3;4H2,1-3H3,(H,7,8);1H2,2-3H3;1H2,2H3,(H,5,6);1H3/q;;;;;;-1. The van der Waals surface area contributed by atoms with Crippen molar-refractivity contribution in [2.24, 2.45) is 16.2 Å². The molecule has 0 atom stereocenters. The average molecular weight is 920 g/mol. The van der Waals surface area contributed by atoms with Crippen LogP contribution in [-0.2, 0) is 66.8 Å². The molecule has 0 fully saturated rings. The third-order valence-electron chi connectivity index (χ3n) is 8.73. The lowest BCUT2D eigenvalue weighted by Gasteiger charge is -2.20. The largest absolute Gasteiger partial charge is 0.481 e. The van der Waals surface area contributed by atoms with E-state index in [1.165, 1.54) is 21.1 Å². The van der Waals surface area contributed by atoms with Crippen molar-refractivity contribution in [3.05, 3.63) is 44.4 Å². The second kappa shape index (κ2) is 44.6. The van der Waals surface area contributed by atoms with Crippen molar-refractivity contribution in [1.82, 2.24) is 0 Å². The maximum Gasteiger partial charge on any atom is 0.332 e. The second-order valence-corrected chi connectivity index (χ2v) is 15.7. The number of hydrogen-bond acceptors (Lipinski definition) is 14. The van der Waals surface area contributed by atoms with Gasteiger partial charge in [-0.15, -0.1) is 0 Å². The number of hydrogen-bond donors (Lipinski definition) is 2. The van der Waals surface area contributed by atoms with Gasteiger partial charge in [-0.25, -0.2) is 14.4 Å². The Morgan fingerprint density at radius 3 is 1.09 bits per heavy atom. The van der Waals surface area contributed by atoms with E-state index in [9.17, 15) is 38.4 Å². The fourth-order valence-corrected chi connectivity index (χ4v) is 2.92. The van der Waals surface area contributed by atoms with Crippen molar-refractivity contribution in [3.8, 4) is 0 Å². The maximum atomic E-state index is 11.6. The molecule has 0 aromatic carbocycles. The van der Waals surface area contributed by atoms with Crippen LogP contribution in [0.3, 0.4) is 0 Å². The predicted octanol–water partition coefficient (Wildman–Crippen LogP) is 9.86. The van der Waals surface area contributed by atoms with E-state index in [1.54, 1.807) is 20.8 Å². The van der Waals surface area contributed by atoms with Gasteiger partial charge in [-0.1, -0.05) is 80.0 Å². The van der Waals surface area contributed by atoms with Gasteiger partial charge in [0.1, 0.15) is 26.4 Å². The van der Waals surface area contributed by atoms with E-state index >= 15 is 0 Å². The van der Waals surface area contributed by atoms with Crippen LogP contribution >= 0.6 is 0 Å². The summed E-state index contributed by atoms with van der Waals surface area (Å²) in [5, 5.41) is 16.3. The molecule has 0 heterocycles. The summed E-state index contributed by atoms with van der Waals surface area (Å²) in [5.74, 6) is -3.34. The van der Waals surface area contributed by atoms with E-state index < -0.39 is 28.7 Å². The lowest BCUT2D eigenvalue weighted by atomic mass is 9.91. The van der Waals surface area contributed by atoms with Crippen LogP contribution in [0.1, 0.15) is 161 Å². The highest BCUT2D eigenvalue weighted by atomic mass is 16.6. The molecule has 0 unspecified atom stereocenters. The minimum absolute atomic E-state index is 0. The predicted molar refractivity (Wildman–Crippen MR) is 250 cm³/mol. The van der Waals surface area contributed by atoms with Crippen LogP contribution in [0, 0.1) is 23.7 Å². The van der Waals surface area contributed by atoms with Gasteiger partial charge in [0.2, 0.25) is 0 Å². The maximum absolute atomic E-state index is 11.6. The Hall–Kier alpha value is -5.02. The van der Waals surface area contributed by atoms with Crippen LogP contribution in [0.15, 0.2) is 37.0 Å². The molecule has 64 heavy (non-hydrogen) atoms. The lowest BCUT2D eigenvalue weighted by Crippen LogP contribution is -2.27. The normalized spacial score (nSPS) is 9.86. The van der Waals surface area contributed by atoms with Crippen LogP contribution in [0.25, 0.3) is 0 Å². The van der Waals surface area contributed by atoms with Gasteiger partial charge in [0.15, 0.2) is 0 Å². The summed E-state index contributed by atoms with van der Waals surface area (Å²) in [5.41, 5.74) is -0.711. The van der Waals surface area contributed by atoms with Crippen molar-refractivity contribution in [2.45, 2.75) is 161 Å². The zero-order valence-corrected chi connectivity index (χ0v) is 42.4. The summed E-state index contributed by atoms with van der Waals surface area (Å²) in [7, 11) is 2.75. The topological polar surface area (TPSA) is 232 Å². The zero-order valence-electron chi connectivity index (χ0n) is 42.4. The van der Waals surface area contributed by atoms with Crippen molar-refractivity contribution in [1.29, 1.82) is 0 Å². The number of carboxylic acid groups (broad SMARTS) is 2. The number of ether oxygens (including phenoxy) is 6. The SMILES string of the molecule is C=C(C)C(=O)O.C=C(C)C(=O)OC.C=CC(=O)OCCOC(=O)CCCCC.CCC(C)(C)C(=O)O.CCC(C)(C)C(=O)OC.CCCCCC(=O)OCCOC(=O)C(C)(C)CC.[CH3-]. The van der Waals surface area contributed by atoms with Gasteiger partial charge in [0.25, 0.3) is 0 Å². The molecular weight excluding hydrogens is 833 g/mol. The van der Waals surface area contributed by atoms with Crippen molar-refractivity contribution < 1.29 is 77.0 Å². The highest BCUT2D eigenvalue weighted by molar-refractivity contribution is 5.86. The Morgan fingerprint density at radius 1 is 0.531 bits per heavy atom. The molecule has 0 aliphatic heterocycles. The molecule has 0 aromatic rings. The van der Waals surface area contributed by atoms with Crippen LogP contribution < -0.4 is 0 Å². The molecule has 2 N–H and O–H groups in total. The van der Waals surface area contributed by atoms with Gasteiger partial charge in [0.05, 0.1) is 30.5 Å². The number of esters is 6. The van der Waals surface area contributed by atoms with E-state index in [0.717, 1.165) is 57.4 Å². The fourth-order valence-electron chi connectivity index (χ4n) is 2.92. The first-order valence-electron chi connectivity index (χ1n) is 21.2. The summed E-state index contributed by atoms with van der Waals surface area (Å²) in [6, 6.07) is 0. The van der Waals surface area contributed by atoms with Gasteiger partial charge in [-0.05, 0) is 87.5 Å². The summed E-state index contributed by atoms with van der Waals surface area (Å²) in [4.78, 5) is 85.4. The Kier molecular flexibility index (Phi) is 51.1. The average Bonchev–Trinajstić information content (AvgIpc) is 3.24. The second-order valence-electron chi connectivity index (χ2n) is 15.7. The highest BCUT2D eigenvalue weighted by Crippen LogP contribution is 2.22. The molecule has 0 spiro atoms. The fraction of sp³-hybridized carbons (Fsp3) is 0.688. The van der Waals surface area contributed by atoms with Crippen molar-refractivity contribution in [2.75, 3.05) is 40.6 Å². The van der Waals surface area contributed by atoms with Gasteiger partial charge < -0.3 is 46.1 Å². The first-order valence-corrected chi connectivity index (χ1v) is 21.2. The Morgan fingerprint density at radius 2 is 0.875 bits per heavy atom. The number of carbonyl (C=O) groups is 8. The number of carbonyl (C=O) groups excluding carboxylic acids is 6. The van der Waals surface area contributed by atoms with E-state index in [4.69, 9.17) is 24.4 Å². The third kappa shape index (κ3) is 49.6. The summed E-state index contributed by atoms with van der Waals surface area (Å²) >= 11 is 0. The number of methoxy groups -OCH3 is 2. The lowest BCUT2D eigenvalue weighted by molar-refractivity contribution is -0.159. The number of carboxylic acids is 2. The first-order chi connectivity index (χ1) is 29.0. The molecule has 0 aliphatic carbocycles. The molecule has 0 bridgehead atoms. The molecule has 376 valence electrons. The van der Waals surface area contributed by atoms with E-state index in [0.29, 0.717) is 24.8 Å². The van der Waals surface area contributed by atoms with Gasteiger partial charge in [0, 0.05) is 30.1 Å². The molecule has 0 radical (unpaired) electrons. The molecular formula is C48H87O16-. The summed E-state index contributed by atoms with van der Waals surface area (Å²) in [6.45, 7) is 34.1. The van der Waals surface area contributed by atoms with Crippen LogP contribution in [0.2, 0.25) is 0 Å². The monoisotopic (exact) mass is 920 g/mol. The third-order valence-corrected chi connectivity index (χ3v) is 8.73. The molecule has 0 saturated heterocycles. The molecule has 0 amide bonds. The Labute approximate surface area is 385 Å². The van der Waals surface area contributed by atoms with E-state index in [-0.39, 0.29) is 74.7 Å². The Balaban J connectivity index is -0.000000127. The quantitative estimate of drug-likeness (QED) is 0.0319. The minimum Gasteiger partial charge on any atom is -0.481 e. The van der Waals surface area contributed by atoms with Crippen LogP contribution in [0.4, 0.5) is 0 Å². The van der Waals surface area contributed by atoms with Crippen molar-refractivity contribution in [3.63, 3.8) is 0 Å². The number of aliphatic carboxylic acids is 2. The molecule has 0 aliphatic rings. The van der Waals surface area contributed by atoms with Crippen molar-refractivity contribution >= 4 is 47.8 Å². The smallest absolute Gasteiger partial charge is 0.332 e. The molecule has 0 aromatic heterocycles. The molecule has 16 heteroatoms. The van der Waals surface area contributed by atoms with E-state index in [2.05, 4.69) is 47.8 Å². The number of unbranched alkanes of at least 4 members (excludes halogenated alkanes) is 4. The first kappa shape index (κ1) is 73.4. The summed E-state index contributed by atoms with van der Waals surface area (Å²) in [6.07, 6.45) is 10.1. The van der Waals surface area contributed by atoms with Crippen LogP contribution in [0.5, 0.6) is 0 Å². The molecule has 0 rings (SSSR count). The molecule has 0 saturated carbocycles. The zero-order chi connectivity index (χ0) is 50.8. The number of rotatable bonds is 23. The van der Waals surface area contributed by atoms with Gasteiger partial charge >= 0.3 is 47.8 Å². The summed E-state index contributed by atoms with van der Waals surface area (Å²) < 4.78 is 28.3. The Bertz CT molecular complexity index is 1350. The van der Waals surface area contributed by atoms with E-state index in [1.807, 2.05) is 48.5 Å². The minimum atomic E-state index is -0.935. The van der Waals surface area contributed by atoms with Crippen LogP contribution in [-0.4, -0.2) is 98.6 Å². The van der Waals surface area contributed by atoms with Gasteiger partial charge in [-0.3, -0.25) is 24.0 Å². The van der Waals surface area contributed by atoms with Gasteiger partial charge in [-0.2, -0.15) is 0 Å². The molecule has 16 nitrogen and oxygen atoms in total. The highest BCUT2D eigenvalue weighted by Gasteiger charge is 2.27.